The average molecular weight is 298 g/mol. The zero-order valence-corrected chi connectivity index (χ0v) is 13.4. The number of carbonyl (C=O) groups excluding carboxylic acids is 1. The van der Waals surface area contributed by atoms with Gasteiger partial charge in [0.15, 0.2) is 6.10 Å². The van der Waals surface area contributed by atoms with Gasteiger partial charge in [-0.2, -0.15) is 0 Å². The molecule has 0 fully saturated rings. The third-order valence-corrected chi connectivity index (χ3v) is 3.47. The first-order valence-electron chi connectivity index (χ1n) is 7.27. The summed E-state index contributed by atoms with van der Waals surface area (Å²) in [6, 6.07) is 11.1. The number of amides is 1. The molecule has 3 N–H and O–H groups in total. The highest BCUT2D eigenvalue weighted by molar-refractivity contribution is 5.95. The van der Waals surface area contributed by atoms with Gasteiger partial charge in [0, 0.05) is 17.4 Å². The lowest BCUT2D eigenvalue weighted by Gasteiger charge is -2.17. The van der Waals surface area contributed by atoms with Crippen molar-refractivity contribution in [2.75, 3.05) is 11.1 Å². The molecule has 116 valence electrons. The molecule has 1 atom stereocenters. The fourth-order valence-electron chi connectivity index (χ4n) is 2.45. The molecule has 0 spiro atoms. The standard InChI is InChI=1S/C18H22N2O2/c1-11-8-12(2)17(13(3)9-11)20-18(21)14(4)22-16-7-5-6-15(19)10-16/h5-10,14H,19H2,1-4H3,(H,20,21). The molecule has 4 heteroatoms. The van der Waals surface area contributed by atoms with Gasteiger partial charge in [-0.05, 0) is 51.0 Å². The van der Waals surface area contributed by atoms with Gasteiger partial charge in [-0.3, -0.25) is 4.79 Å². The summed E-state index contributed by atoms with van der Waals surface area (Å²) in [6.45, 7) is 7.73. The molecule has 2 aromatic carbocycles. The van der Waals surface area contributed by atoms with Crippen LogP contribution in [0.2, 0.25) is 0 Å². The van der Waals surface area contributed by atoms with E-state index in [1.807, 2.05) is 32.9 Å². The molecule has 1 amide bonds. The Labute approximate surface area is 131 Å². The van der Waals surface area contributed by atoms with Gasteiger partial charge in [-0.1, -0.05) is 23.8 Å². The Balaban J connectivity index is 2.09. The van der Waals surface area contributed by atoms with Crippen molar-refractivity contribution in [2.45, 2.75) is 33.8 Å². The van der Waals surface area contributed by atoms with E-state index in [0.29, 0.717) is 11.4 Å². The molecule has 0 bridgehead atoms. The van der Waals surface area contributed by atoms with E-state index in [-0.39, 0.29) is 5.91 Å². The van der Waals surface area contributed by atoms with Crippen LogP contribution in [0.1, 0.15) is 23.6 Å². The lowest BCUT2D eigenvalue weighted by atomic mass is 10.0. The Bertz CT molecular complexity index is 672. The van der Waals surface area contributed by atoms with Gasteiger partial charge >= 0.3 is 0 Å². The Hall–Kier alpha value is -2.49. The van der Waals surface area contributed by atoms with Crippen LogP contribution >= 0.6 is 0 Å². The van der Waals surface area contributed by atoms with Gasteiger partial charge in [0.05, 0.1) is 0 Å². The van der Waals surface area contributed by atoms with Gasteiger partial charge in [-0.25, -0.2) is 0 Å². The van der Waals surface area contributed by atoms with E-state index in [1.54, 1.807) is 31.2 Å². The number of carbonyl (C=O) groups is 1. The molecular formula is C18H22N2O2. The fourth-order valence-corrected chi connectivity index (χ4v) is 2.45. The summed E-state index contributed by atoms with van der Waals surface area (Å²) >= 11 is 0. The number of benzene rings is 2. The molecule has 0 radical (unpaired) electrons. The molecule has 0 heterocycles. The number of nitrogen functional groups attached to an aromatic ring is 1. The number of hydrogen-bond acceptors (Lipinski definition) is 3. The first-order chi connectivity index (χ1) is 10.4. The second kappa shape index (κ2) is 6.52. The zero-order valence-electron chi connectivity index (χ0n) is 13.4. The molecule has 2 rings (SSSR count). The molecule has 0 saturated heterocycles. The van der Waals surface area contributed by atoms with Crippen LogP contribution < -0.4 is 15.8 Å². The van der Waals surface area contributed by atoms with Gasteiger partial charge in [-0.15, -0.1) is 0 Å². The lowest BCUT2D eigenvalue weighted by molar-refractivity contribution is -0.122. The molecule has 0 aliphatic rings. The SMILES string of the molecule is Cc1cc(C)c(NC(=O)C(C)Oc2cccc(N)c2)c(C)c1. The van der Waals surface area contributed by atoms with E-state index < -0.39 is 6.10 Å². The number of aryl methyl sites for hydroxylation is 3. The number of nitrogens with one attached hydrogen (secondary N) is 1. The van der Waals surface area contributed by atoms with Gasteiger partial charge < -0.3 is 15.8 Å². The van der Waals surface area contributed by atoms with Crippen LogP contribution in [-0.4, -0.2) is 12.0 Å². The van der Waals surface area contributed by atoms with Crippen molar-refractivity contribution in [1.29, 1.82) is 0 Å². The summed E-state index contributed by atoms with van der Waals surface area (Å²) < 4.78 is 5.64. The van der Waals surface area contributed by atoms with Crippen LogP contribution in [0.25, 0.3) is 0 Å². The number of nitrogens with two attached hydrogens (primary N) is 1. The zero-order chi connectivity index (χ0) is 16.3. The maximum atomic E-state index is 12.3. The van der Waals surface area contributed by atoms with E-state index >= 15 is 0 Å². The largest absolute Gasteiger partial charge is 0.481 e. The van der Waals surface area contributed by atoms with Crippen LogP contribution in [0, 0.1) is 20.8 Å². The van der Waals surface area contributed by atoms with Crippen LogP contribution in [-0.2, 0) is 4.79 Å². The van der Waals surface area contributed by atoms with E-state index in [1.165, 1.54) is 5.56 Å². The van der Waals surface area contributed by atoms with Crippen molar-refractivity contribution in [3.05, 3.63) is 53.1 Å². The van der Waals surface area contributed by atoms with Crippen molar-refractivity contribution in [3.63, 3.8) is 0 Å². The second-order valence-corrected chi connectivity index (χ2v) is 5.60. The van der Waals surface area contributed by atoms with Crippen LogP contribution in [0.5, 0.6) is 5.75 Å². The Morgan fingerprint density at radius 3 is 2.36 bits per heavy atom. The molecule has 22 heavy (non-hydrogen) atoms. The highest BCUT2D eigenvalue weighted by Crippen LogP contribution is 2.23. The maximum absolute atomic E-state index is 12.3. The smallest absolute Gasteiger partial charge is 0.265 e. The topological polar surface area (TPSA) is 64.3 Å². The number of ether oxygens (including phenoxy) is 1. The molecule has 0 aromatic heterocycles. The molecule has 4 nitrogen and oxygen atoms in total. The minimum Gasteiger partial charge on any atom is -0.481 e. The van der Waals surface area contributed by atoms with Crippen LogP contribution in [0.15, 0.2) is 36.4 Å². The molecule has 2 aromatic rings. The van der Waals surface area contributed by atoms with E-state index in [0.717, 1.165) is 16.8 Å². The van der Waals surface area contributed by atoms with Crippen molar-refractivity contribution >= 4 is 17.3 Å². The van der Waals surface area contributed by atoms with Gasteiger partial charge in [0.2, 0.25) is 0 Å². The number of hydrogen-bond donors (Lipinski definition) is 2. The Morgan fingerprint density at radius 2 is 1.77 bits per heavy atom. The van der Waals surface area contributed by atoms with E-state index in [2.05, 4.69) is 5.32 Å². The second-order valence-electron chi connectivity index (χ2n) is 5.60. The number of anilines is 2. The van der Waals surface area contributed by atoms with Crippen molar-refractivity contribution in [1.82, 2.24) is 0 Å². The highest BCUT2D eigenvalue weighted by atomic mass is 16.5. The van der Waals surface area contributed by atoms with Crippen molar-refractivity contribution < 1.29 is 9.53 Å². The third kappa shape index (κ3) is 3.79. The van der Waals surface area contributed by atoms with Gasteiger partial charge in [0.1, 0.15) is 5.75 Å². The van der Waals surface area contributed by atoms with Crippen LogP contribution in [0.4, 0.5) is 11.4 Å². The Kier molecular flexibility index (Phi) is 4.71. The average Bonchev–Trinajstić information content (AvgIpc) is 2.42. The molecule has 0 aliphatic carbocycles. The first kappa shape index (κ1) is 15.9. The summed E-state index contributed by atoms with van der Waals surface area (Å²) in [6.07, 6.45) is -0.609. The van der Waals surface area contributed by atoms with Crippen molar-refractivity contribution in [2.24, 2.45) is 0 Å². The van der Waals surface area contributed by atoms with Gasteiger partial charge in [0.25, 0.3) is 5.91 Å². The molecule has 0 aliphatic heterocycles. The van der Waals surface area contributed by atoms with E-state index in [9.17, 15) is 4.79 Å². The Morgan fingerprint density at radius 1 is 1.14 bits per heavy atom. The summed E-state index contributed by atoms with van der Waals surface area (Å²) in [7, 11) is 0. The summed E-state index contributed by atoms with van der Waals surface area (Å²) in [5.41, 5.74) is 10.4. The predicted octanol–water partition coefficient (Wildman–Crippen LogP) is 3.60. The van der Waals surface area contributed by atoms with E-state index in [4.69, 9.17) is 10.5 Å². The highest BCUT2D eigenvalue weighted by Gasteiger charge is 2.17. The summed E-state index contributed by atoms with van der Waals surface area (Å²) in [4.78, 5) is 12.3. The summed E-state index contributed by atoms with van der Waals surface area (Å²) in [5, 5.41) is 2.95. The van der Waals surface area contributed by atoms with Crippen LogP contribution in [0.3, 0.4) is 0 Å². The molecule has 0 saturated carbocycles. The predicted molar refractivity (Wildman–Crippen MR) is 90.2 cm³/mol. The minimum absolute atomic E-state index is 0.183. The molecule has 1 unspecified atom stereocenters. The molecular weight excluding hydrogens is 276 g/mol. The fraction of sp³-hybridized carbons (Fsp3) is 0.278. The number of rotatable bonds is 4. The minimum atomic E-state index is -0.609. The lowest BCUT2D eigenvalue weighted by Crippen LogP contribution is -2.30. The monoisotopic (exact) mass is 298 g/mol. The maximum Gasteiger partial charge on any atom is 0.265 e. The van der Waals surface area contributed by atoms with Crippen molar-refractivity contribution in [3.8, 4) is 5.75 Å². The summed E-state index contributed by atoms with van der Waals surface area (Å²) in [5.74, 6) is 0.400. The first-order valence-corrected chi connectivity index (χ1v) is 7.27. The normalized spacial score (nSPS) is 11.8. The third-order valence-electron chi connectivity index (χ3n) is 3.47. The quantitative estimate of drug-likeness (QED) is 0.848.